The van der Waals surface area contributed by atoms with E-state index in [1.165, 1.54) is 18.9 Å². The van der Waals surface area contributed by atoms with Crippen LogP contribution in [-0.2, 0) is 0 Å². The van der Waals surface area contributed by atoms with Crippen molar-refractivity contribution in [2.24, 2.45) is 5.92 Å². The summed E-state index contributed by atoms with van der Waals surface area (Å²) in [4.78, 5) is 10.3. The first-order valence-corrected chi connectivity index (χ1v) is 6.42. The third kappa shape index (κ3) is 2.58. The van der Waals surface area contributed by atoms with Gasteiger partial charge in [-0.15, -0.1) is 0 Å². The van der Waals surface area contributed by atoms with Crippen LogP contribution in [-0.4, -0.2) is 10.5 Å². The van der Waals surface area contributed by atoms with Gasteiger partial charge in [0.05, 0.1) is 4.92 Å². The molecular formula is C13H17ClN2O2. The van der Waals surface area contributed by atoms with Crippen molar-refractivity contribution in [2.75, 3.05) is 5.32 Å². The summed E-state index contributed by atoms with van der Waals surface area (Å²) in [5.74, 6) is 0.672. The molecule has 1 N–H and O–H groups in total. The quantitative estimate of drug-likeness (QED) is 0.659. The predicted molar refractivity (Wildman–Crippen MR) is 73.3 cm³/mol. The number of anilines is 1. The minimum absolute atomic E-state index is 0.00419. The smallest absolute Gasteiger partial charge is 0.288 e. The van der Waals surface area contributed by atoms with E-state index in [9.17, 15) is 10.1 Å². The van der Waals surface area contributed by atoms with Gasteiger partial charge in [-0.2, -0.15) is 0 Å². The fraction of sp³-hybridized carbons (Fsp3) is 0.538. The molecule has 1 aromatic rings. The number of nitro benzene ring substituents is 1. The second-order valence-corrected chi connectivity index (χ2v) is 5.90. The summed E-state index contributed by atoms with van der Waals surface area (Å²) in [5, 5.41) is 14.4. The number of aryl methyl sites for hydroxylation is 1. The van der Waals surface area contributed by atoms with Gasteiger partial charge in [-0.25, -0.2) is 0 Å². The van der Waals surface area contributed by atoms with Crippen molar-refractivity contribution >= 4 is 23.0 Å². The Morgan fingerprint density at radius 3 is 2.56 bits per heavy atom. The van der Waals surface area contributed by atoms with E-state index in [-0.39, 0.29) is 16.2 Å². The van der Waals surface area contributed by atoms with E-state index in [1.807, 2.05) is 6.92 Å². The molecule has 0 heterocycles. The van der Waals surface area contributed by atoms with Crippen LogP contribution >= 0.6 is 11.6 Å². The molecule has 1 aliphatic carbocycles. The van der Waals surface area contributed by atoms with Crippen molar-refractivity contribution in [3.8, 4) is 0 Å². The van der Waals surface area contributed by atoms with Crippen molar-refractivity contribution in [1.29, 1.82) is 0 Å². The average Bonchev–Trinajstić information content (AvgIpc) is 3.05. The van der Waals surface area contributed by atoms with Gasteiger partial charge in [0.25, 0.3) is 5.69 Å². The van der Waals surface area contributed by atoms with Crippen LogP contribution in [0.4, 0.5) is 11.4 Å². The van der Waals surface area contributed by atoms with Crippen molar-refractivity contribution in [1.82, 2.24) is 0 Å². The highest BCUT2D eigenvalue weighted by Crippen LogP contribution is 2.42. The molecule has 1 aromatic carbocycles. The first-order valence-electron chi connectivity index (χ1n) is 6.04. The van der Waals surface area contributed by atoms with Gasteiger partial charge in [0.2, 0.25) is 0 Å². The number of nitrogens with zero attached hydrogens (tertiary/aromatic N) is 1. The molecule has 1 fully saturated rings. The summed E-state index contributed by atoms with van der Waals surface area (Å²) in [6.07, 6.45) is 2.47. The van der Waals surface area contributed by atoms with Gasteiger partial charge in [0.1, 0.15) is 5.02 Å². The molecule has 98 valence electrons. The summed E-state index contributed by atoms with van der Waals surface area (Å²) in [6.45, 7) is 6.16. The largest absolute Gasteiger partial charge is 0.380 e. The van der Waals surface area contributed by atoms with E-state index in [2.05, 4.69) is 19.2 Å². The minimum atomic E-state index is -0.453. The van der Waals surface area contributed by atoms with Gasteiger partial charge in [0.15, 0.2) is 0 Å². The molecule has 5 heteroatoms. The average molecular weight is 269 g/mol. The minimum Gasteiger partial charge on any atom is -0.380 e. The Bertz CT molecular complexity index is 496. The van der Waals surface area contributed by atoms with Crippen molar-refractivity contribution in [3.05, 3.63) is 32.8 Å². The van der Waals surface area contributed by atoms with E-state index >= 15 is 0 Å². The van der Waals surface area contributed by atoms with Gasteiger partial charge in [-0.1, -0.05) is 11.6 Å². The lowest BCUT2D eigenvalue weighted by atomic mass is 9.97. The van der Waals surface area contributed by atoms with Crippen LogP contribution in [0, 0.1) is 23.0 Å². The molecule has 0 bridgehead atoms. The maximum Gasteiger partial charge on any atom is 0.288 e. The van der Waals surface area contributed by atoms with Gasteiger partial charge >= 0.3 is 0 Å². The SMILES string of the molecule is Cc1cc([N+](=O)[O-])c(Cl)cc1NC(C)(C)C1CC1. The molecule has 0 aromatic heterocycles. The first-order chi connectivity index (χ1) is 8.31. The molecule has 0 unspecified atom stereocenters. The lowest BCUT2D eigenvalue weighted by molar-refractivity contribution is -0.384. The van der Waals surface area contributed by atoms with E-state index in [4.69, 9.17) is 11.6 Å². The number of nitro groups is 1. The third-order valence-corrected chi connectivity index (χ3v) is 3.85. The molecule has 0 saturated heterocycles. The van der Waals surface area contributed by atoms with Crippen LogP contribution in [0.3, 0.4) is 0 Å². The number of rotatable bonds is 4. The topological polar surface area (TPSA) is 55.2 Å². The zero-order chi connectivity index (χ0) is 13.5. The number of hydrogen-bond donors (Lipinski definition) is 1. The van der Waals surface area contributed by atoms with Crippen molar-refractivity contribution < 1.29 is 4.92 Å². The zero-order valence-corrected chi connectivity index (χ0v) is 11.5. The van der Waals surface area contributed by atoms with E-state index < -0.39 is 4.92 Å². The molecule has 0 radical (unpaired) electrons. The Kier molecular flexibility index (Phi) is 3.23. The third-order valence-electron chi connectivity index (χ3n) is 3.55. The number of nitrogens with one attached hydrogen (secondary N) is 1. The second kappa shape index (κ2) is 4.43. The highest BCUT2D eigenvalue weighted by atomic mass is 35.5. The Hall–Kier alpha value is -1.29. The van der Waals surface area contributed by atoms with Crippen LogP contribution in [0.5, 0.6) is 0 Å². The van der Waals surface area contributed by atoms with Gasteiger partial charge in [-0.3, -0.25) is 10.1 Å². The van der Waals surface area contributed by atoms with Gasteiger partial charge in [0, 0.05) is 17.3 Å². The van der Waals surface area contributed by atoms with E-state index in [0.29, 0.717) is 5.92 Å². The first kappa shape index (κ1) is 13.1. The molecule has 0 amide bonds. The lowest BCUT2D eigenvalue weighted by Crippen LogP contribution is -2.33. The molecule has 18 heavy (non-hydrogen) atoms. The fourth-order valence-electron chi connectivity index (χ4n) is 2.20. The highest BCUT2D eigenvalue weighted by molar-refractivity contribution is 6.33. The molecule has 4 nitrogen and oxygen atoms in total. The second-order valence-electron chi connectivity index (χ2n) is 5.50. The van der Waals surface area contributed by atoms with Crippen LogP contribution in [0.15, 0.2) is 12.1 Å². The molecule has 1 saturated carbocycles. The molecule has 2 rings (SSSR count). The Morgan fingerprint density at radius 1 is 1.44 bits per heavy atom. The molecule has 0 spiro atoms. The lowest BCUT2D eigenvalue weighted by Gasteiger charge is -2.28. The zero-order valence-electron chi connectivity index (χ0n) is 10.8. The standard InChI is InChI=1S/C13H17ClN2O2/c1-8-6-12(16(17)18)10(14)7-11(8)15-13(2,3)9-4-5-9/h6-7,9,15H,4-5H2,1-3H3. The van der Waals surface area contributed by atoms with Crippen molar-refractivity contribution in [3.63, 3.8) is 0 Å². The van der Waals surface area contributed by atoms with Crippen LogP contribution in [0.2, 0.25) is 5.02 Å². The van der Waals surface area contributed by atoms with Crippen LogP contribution in [0.1, 0.15) is 32.3 Å². The molecular weight excluding hydrogens is 252 g/mol. The molecule has 0 aliphatic heterocycles. The monoisotopic (exact) mass is 268 g/mol. The number of hydrogen-bond acceptors (Lipinski definition) is 3. The van der Waals surface area contributed by atoms with Crippen molar-refractivity contribution in [2.45, 2.75) is 39.2 Å². The van der Waals surface area contributed by atoms with E-state index in [1.54, 1.807) is 6.07 Å². The van der Waals surface area contributed by atoms with Gasteiger partial charge < -0.3 is 5.32 Å². The summed E-state index contributed by atoms with van der Waals surface area (Å²) >= 11 is 5.94. The summed E-state index contributed by atoms with van der Waals surface area (Å²) in [5.41, 5.74) is 1.69. The van der Waals surface area contributed by atoms with Gasteiger partial charge in [-0.05, 0) is 51.2 Å². The Balaban J connectivity index is 2.29. The molecule has 0 atom stereocenters. The predicted octanol–water partition coefficient (Wildman–Crippen LogP) is 4.16. The molecule has 1 aliphatic rings. The van der Waals surface area contributed by atoms with Crippen LogP contribution < -0.4 is 5.32 Å². The van der Waals surface area contributed by atoms with Crippen LogP contribution in [0.25, 0.3) is 0 Å². The summed E-state index contributed by atoms with van der Waals surface area (Å²) < 4.78 is 0. The number of benzene rings is 1. The Morgan fingerprint density at radius 2 is 2.06 bits per heavy atom. The summed E-state index contributed by atoms with van der Waals surface area (Å²) in [7, 11) is 0. The fourth-order valence-corrected chi connectivity index (χ4v) is 2.43. The highest BCUT2D eigenvalue weighted by Gasteiger charge is 2.38. The maximum atomic E-state index is 10.8. The maximum absolute atomic E-state index is 10.8. The summed E-state index contributed by atoms with van der Waals surface area (Å²) in [6, 6.07) is 3.17. The Labute approximate surface area is 111 Å². The van der Waals surface area contributed by atoms with E-state index in [0.717, 1.165) is 11.3 Å². The normalized spacial score (nSPS) is 15.6. The number of halogens is 1.